The van der Waals surface area contributed by atoms with Gasteiger partial charge in [-0.15, -0.1) is 0 Å². The van der Waals surface area contributed by atoms with E-state index in [-0.39, 0.29) is 5.03 Å². The second-order valence-corrected chi connectivity index (χ2v) is 11.1. The Morgan fingerprint density at radius 2 is 1.73 bits per heavy atom. The molecule has 3 aromatic heterocycles. The minimum Gasteiger partial charge on any atom is -0.288 e. The molecule has 4 rings (SSSR count). The van der Waals surface area contributed by atoms with Gasteiger partial charge in [0, 0.05) is 23.5 Å². The molecule has 0 aliphatic rings. The summed E-state index contributed by atoms with van der Waals surface area (Å²) >= 11 is 0. The molecule has 0 saturated heterocycles. The van der Waals surface area contributed by atoms with Gasteiger partial charge in [0.15, 0.2) is 20.7 Å². The first kappa shape index (κ1) is 20.7. The van der Waals surface area contributed by atoms with Crippen LogP contribution in [0.4, 0.5) is 0 Å². The fourth-order valence-corrected chi connectivity index (χ4v) is 5.23. The molecule has 0 N–H and O–H groups in total. The molecule has 10 heteroatoms. The quantitative estimate of drug-likeness (QED) is 0.448. The Bertz CT molecular complexity index is 1470. The summed E-state index contributed by atoms with van der Waals surface area (Å²) in [6, 6.07) is 1.42. The molecule has 0 saturated carbocycles. The predicted molar refractivity (Wildman–Crippen MR) is 117 cm³/mol. The number of imidazole rings is 1. The van der Waals surface area contributed by atoms with E-state index in [9.17, 15) is 12.6 Å². The van der Waals surface area contributed by atoms with Gasteiger partial charge in [0.1, 0.15) is 17.0 Å². The van der Waals surface area contributed by atoms with E-state index in [4.69, 9.17) is 5.10 Å². The average molecular weight is 446 g/mol. The third-order valence-electron chi connectivity index (χ3n) is 5.65. The van der Waals surface area contributed by atoms with Gasteiger partial charge < -0.3 is 0 Å². The average Bonchev–Trinajstić information content (AvgIpc) is 3.30. The van der Waals surface area contributed by atoms with Crippen LogP contribution >= 0.6 is 0 Å². The molecule has 0 aliphatic carbocycles. The van der Waals surface area contributed by atoms with Crippen LogP contribution in [0.1, 0.15) is 29.2 Å². The van der Waals surface area contributed by atoms with Crippen LogP contribution in [0.3, 0.4) is 0 Å². The Kier molecular flexibility index (Phi) is 4.81. The standard InChI is InChI=1S/C20H23N5O3S2/c1-7-29(26)20-18-13(4)11(2)12(3)14(5)19(18)23-25(20)16-9-24-10-21-17(30(6,27)28)8-15(24)22-16/h8-10H,7H2,1-6H3. The highest BCUT2D eigenvalue weighted by Gasteiger charge is 2.24. The smallest absolute Gasteiger partial charge is 0.192 e. The van der Waals surface area contributed by atoms with Crippen molar-refractivity contribution in [3.63, 3.8) is 0 Å². The van der Waals surface area contributed by atoms with E-state index < -0.39 is 20.6 Å². The summed E-state index contributed by atoms with van der Waals surface area (Å²) in [5.74, 6) is 0.906. The maximum Gasteiger partial charge on any atom is 0.192 e. The summed E-state index contributed by atoms with van der Waals surface area (Å²) in [5, 5.41) is 6.24. The number of fused-ring (bicyclic) bond motifs is 2. The summed E-state index contributed by atoms with van der Waals surface area (Å²) < 4.78 is 40.0. The van der Waals surface area contributed by atoms with Gasteiger partial charge in [0.2, 0.25) is 0 Å². The van der Waals surface area contributed by atoms with Crippen LogP contribution in [0.15, 0.2) is 28.6 Å². The van der Waals surface area contributed by atoms with Crippen molar-refractivity contribution in [1.29, 1.82) is 0 Å². The van der Waals surface area contributed by atoms with E-state index in [1.807, 2.05) is 20.8 Å². The molecule has 0 radical (unpaired) electrons. The molecule has 0 aliphatic heterocycles. The van der Waals surface area contributed by atoms with E-state index >= 15 is 0 Å². The maximum absolute atomic E-state index is 13.1. The largest absolute Gasteiger partial charge is 0.288 e. The van der Waals surface area contributed by atoms with Gasteiger partial charge in [-0.25, -0.2) is 23.1 Å². The zero-order chi connectivity index (χ0) is 22.0. The summed E-state index contributed by atoms with van der Waals surface area (Å²) in [5.41, 5.74) is 5.65. The SMILES string of the molecule is CCS(=O)c1c2c(C)c(C)c(C)c(C)c2nn1-c1cn2cnc(S(C)(=O)=O)cc2n1. The highest BCUT2D eigenvalue weighted by molar-refractivity contribution is 7.90. The molecule has 8 nitrogen and oxygen atoms in total. The van der Waals surface area contributed by atoms with Crippen LogP contribution in [-0.2, 0) is 20.6 Å². The Balaban J connectivity index is 2.07. The Morgan fingerprint density at radius 1 is 1.07 bits per heavy atom. The number of rotatable bonds is 4. The fraction of sp³-hybridized carbons (Fsp3) is 0.350. The third-order valence-corrected chi connectivity index (χ3v) is 7.96. The first-order chi connectivity index (χ1) is 14.0. The summed E-state index contributed by atoms with van der Waals surface area (Å²) in [4.78, 5) is 8.56. The number of aryl methyl sites for hydroxylation is 2. The number of sulfone groups is 1. The van der Waals surface area contributed by atoms with Crippen molar-refractivity contribution in [2.75, 3.05) is 12.0 Å². The molecule has 30 heavy (non-hydrogen) atoms. The van der Waals surface area contributed by atoms with Crippen molar-refractivity contribution in [1.82, 2.24) is 24.1 Å². The Hall–Kier alpha value is -2.59. The van der Waals surface area contributed by atoms with Gasteiger partial charge >= 0.3 is 0 Å². The van der Waals surface area contributed by atoms with Crippen molar-refractivity contribution in [3.8, 4) is 5.82 Å². The first-order valence-electron chi connectivity index (χ1n) is 9.47. The van der Waals surface area contributed by atoms with Gasteiger partial charge in [0.05, 0.1) is 22.5 Å². The number of nitrogens with zero attached hydrogens (tertiary/aromatic N) is 5. The van der Waals surface area contributed by atoms with Gasteiger partial charge in [-0.2, -0.15) is 5.10 Å². The summed E-state index contributed by atoms with van der Waals surface area (Å²) in [6.45, 7) is 10.0. The molecule has 3 heterocycles. The Morgan fingerprint density at radius 3 is 2.37 bits per heavy atom. The lowest BCUT2D eigenvalue weighted by atomic mass is 9.96. The molecule has 158 valence electrons. The van der Waals surface area contributed by atoms with E-state index in [0.29, 0.717) is 22.2 Å². The molecule has 4 aromatic rings. The molecule has 0 amide bonds. The van der Waals surface area contributed by atoms with Crippen LogP contribution in [-0.4, -0.2) is 48.8 Å². The van der Waals surface area contributed by atoms with Crippen molar-refractivity contribution in [2.45, 2.75) is 44.7 Å². The first-order valence-corrected chi connectivity index (χ1v) is 12.7. The number of hydrogen-bond donors (Lipinski definition) is 0. The van der Waals surface area contributed by atoms with Crippen molar-refractivity contribution >= 4 is 37.2 Å². The normalized spacial score (nSPS) is 13.4. The highest BCUT2D eigenvalue weighted by Crippen LogP contribution is 2.34. The number of aromatic nitrogens is 5. The molecule has 0 bridgehead atoms. The molecule has 1 unspecified atom stereocenters. The molecular weight excluding hydrogens is 422 g/mol. The maximum atomic E-state index is 13.1. The van der Waals surface area contributed by atoms with Gasteiger partial charge in [0.25, 0.3) is 0 Å². The second-order valence-electron chi connectivity index (χ2n) is 7.44. The van der Waals surface area contributed by atoms with Crippen LogP contribution in [0.5, 0.6) is 0 Å². The number of hydrogen-bond acceptors (Lipinski definition) is 6. The molecular formula is C20H23N5O3S2. The topological polar surface area (TPSA) is 99.2 Å². The predicted octanol–water partition coefficient (Wildman–Crippen LogP) is 2.83. The molecule has 0 spiro atoms. The second kappa shape index (κ2) is 6.98. The monoisotopic (exact) mass is 445 g/mol. The van der Waals surface area contributed by atoms with Crippen LogP contribution in [0.2, 0.25) is 0 Å². The minimum atomic E-state index is -3.45. The summed E-state index contributed by atoms with van der Waals surface area (Å²) in [7, 11) is -4.73. The van der Waals surface area contributed by atoms with Crippen LogP contribution in [0, 0.1) is 27.7 Å². The van der Waals surface area contributed by atoms with Gasteiger partial charge in [-0.1, -0.05) is 6.92 Å². The zero-order valence-corrected chi connectivity index (χ0v) is 19.3. The van der Waals surface area contributed by atoms with Crippen LogP contribution in [0.25, 0.3) is 22.4 Å². The minimum absolute atomic E-state index is 0.0481. The lowest BCUT2D eigenvalue weighted by Crippen LogP contribution is -2.06. The molecule has 1 atom stereocenters. The van der Waals surface area contributed by atoms with Gasteiger partial charge in [-0.3, -0.25) is 8.61 Å². The van der Waals surface area contributed by atoms with Crippen molar-refractivity contribution < 1.29 is 12.6 Å². The van der Waals surface area contributed by atoms with E-state index in [1.165, 1.54) is 12.4 Å². The zero-order valence-electron chi connectivity index (χ0n) is 17.7. The number of benzene rings is 1. The van der Waals surface area contributed by atoms with Crippen LogP contribution < -0.4 is 0 Å². The van der Waals surface area contributed by atoms with E-state index in [2.05, 4.69) is 23.8 Å². The van der Waals surface area contributed by atoms with Crippen molar-refractivity contribution in [2.24, 2.45) is 0 Å². The van der Waals surface area contributed by atoms with Crippen molar-refractivity contribution in [3.05, 3.63) is 40.8 Å². The van der Waals surface area contributed by atoms with E-state index in [1.54, 1.807) is 15.3 Å². The lowest BCUT2D eigenvalue weighted by molar-refractivity contribution is 0.598. The van der Waals surface area contributed by atoms with Gasteiger partial charge in [-0.05, 0) is 49.9 Å². The lowest BCUT2D eigenvalue weighted by Gasteiger charge is -2.10. The molecule has 1 aromatic carbocycles. The summed E-state index contributed by atoms with van der Waals surface area (Å²) in [6.07, 6.45) is 4.22. The fourth-order valence-electron chi connectivity index (χ4n) is 3.60. The Labute approximate surface area is 177 Å². The third kappa shape index (κ3) is 3.05. The highest BCUT2D eigenvalue weighted by atomic mass is 32.2. The molecule has 0 fully saturated rings. The van der Waals surface area contributed by atoms with E-state index in [0.717, 1.165) is 39.4 Å².